The maximum absolute atomic E-state index is 13.0. The molecule has 3 nitrogen and oxygen atoms in total. The van der Waals surface area contributed by atoms with Crippen LogP contribution in [0.25, 0.3) is 0 Å². The third kappa shape index (κ3) is 3.28. The number of hydrogen-bond acceptors (Lipinski definition) is 3. The Labute approximate surface area is 125 Å². The van der Waals surface area contributed by atoms with Gasteiger partial charge in [-0.3, -0.25) is 4.79 Å². The summed E-state index contributed by atoms with van der Waals surface area (Å²) in [4.78, 5) is 14.2. The Balaban J connectivity index is 2.41. The molecule has 1 N–H and O–H groups in total. The molecule has 1 heterocycles. The lowest BCUT2D eigenvalue weighted by Crippen LogP contribution is -2.44. The van der Waals surface area contributed by atoms with Gasteiger partial charge in [-0.1, -0.05) is 6.07 Å². The van der Waals surface area contributed by atoms with Crippen LogP contribution >= 0.6 is 11.8 Å². The molecule has 0 bridgehead atoms. The van der Waals surface area contributed by atoms with Gasteiger partial charge >= 0.3 is 6.18 Å². The van der Waals surface area contributed by atoms with E-state index in [1.807, 2.05) is 6.92 Å². The van der Waals surface area contributed by atoms with Gasteiger partial charge in [-0.05, 0) is 19.1 Å². The minimum absolute atomic E-state index is 0.0236. The first-order chi connectivity index (χ1) is 9.86. The molecule has 2 rings (SSSR count). The van der Waals surface area contributed by atoms with Crippen molar-refractivity contribution >= 4 is 23.4 Å². The molecular formula is C14H17F3N2OS. The van der Waals surface area contributed by atoms with E-state index in [0.717, 1.165) is 17.6 Å². The van der Waals surface area contributed by atoms with Crippen LogP contribution in [-0.4, -0.2) is 41.9 Å². The summed E-state index contributed by atoms with van der Waals surface area (Å²) >= 11 is 1.75. The lowest BCUT2D eigenvalue weighted by Gasteiger charge is -2.33. The topological polar surface area (TPSA) is 32.3 Å². The average molecular weight is 318 g/mol. The lowest BCUT2D eigenvalue weighted by atomic mass is 10.0. The van der Waals surface area contributed by atoms with Crippen molar-refractivity contribution in [3.63, 3.8) is 0 Å². The number of amides is 1. The number of carbonyl (C=O) groups is 1. The van der Waals surface area contributed by atoms with Crippen LogP contribution in [0.3, 0.4) is 0 Å². The predicted molar refractivity (Wildman–Crippen MR) is 78.8 cm³/mol. The van der Waals surface area contributed by atoms with Gasteiger partial charge in [0.25, 0.3) is 5.91 Å². The van der Waals surface area contributed by atoms with Crippen LogP contribution < -0.4 is 5.32 Å². The smallest absolute Gasteiger partial charge is 0.387 e. The number of alkyl halides is 3. The van der Waals surface area contributed by atoms with Gasteiger partial charge in [-0.25, -0.2) is 0 Å². The largest absolute Gasteiger partial charge is 0.418 e. The number of rotatable bonds is 2. The van der Waals surface area contributed by atoms with Crippen LogP contribution in [-0.2, 0) is 6.18 Å². The minimum Gasteiger partial charge on any atom is -0.387 e. The molecule has 0 radical (unpaired) electrons. The van der Waals surface area contributed by atoms with Gasteiger partial charge in [0.1, 0.15) is 0 Å². The quantitative estimate of drug-likeness (QED) is 0.908. The summed E-state index contributed by atoms with van der Waals surface area (Å²) in [6.45, 7) is 2.47. The molecule has 21 heavy (non-hydrogen) atoms. The fraction of sp³-hybridized carbons (Fsp3) is 0.500. The van der Waals surface area contributed by atoms with E-state index in [2.05, 4.69) is 5.32 Å². The summed E-state index contributed by atoms with van der Waals surface area (Å²) < 4.78 is 39.1. The number of thioether (sulfide) groups is 1. The second-order valence-electron chi connectivity index (χ2n) is 4.90. The molecule has 0 aliphatic carbocycles. The molecule has 0 aromatic heterocycles. The van der Waals surface area contributed by atoms with Crippen molar-refractivity contribution < 1.29 is 18.0 Å². The van der Waals surface area contributed by atoms with Crippen molar-refractivity contribution in [2.45, 2.75) is 19.1 Å². The first-order valence-corrected chi connectivity index (χ1v) is 7.78. The Morgan fingerprint density at radius 3 is 2.71 bits per heavy atom. The van der Waals surface area contributed by atoms with Gasteiger partial charge in [0, 0.05) is 31.1 Å². The molecule has 1 atom stereocenters. The Bertz CT molecular complexity index is 533. The molecule has 1 fully saturated rings. The molecule has 116 valence electrons. The molecule has 1 saturated heterocycles. The molecule has 7 heteroatoms. The zero-order valence-electron chi connectivity index (χ0n) is 11.8. The summed E-state index contributed by atoms with van der Waals surface area (Å²) in [6, 6.07) is 3.73. The van der Waals surface area contributed by atoms with Crippen molar-refractivity contribution in [2.75, 3.05) is 30.4 Å². The van der Waals surface area contributed by atoms with Crippen LogP contribution in [0.15, 0.2) is 18.2 Å². The predicted octanol–water partition coefficient (Wildman–Crippen LogP) is 3.32. The van der Waals surface area contributed by atoms with E-state index in [0.29, 0.717) is 6.54 Å². The van der Waals surface area contributed by atoms with E-state index in [9.17, 15) is 18.0 Å². The van der Waals surface area contributed by atoms with Crippen molar-refractivity contribution in [1.82, 2.24) is 4.90 Å². The maximum atomic E-state index is 13.0. The van der Waals surface area contributed by atoms with E-state index < -0.39 is 11.7 Å². The van der Waals surface area contributed by atoms with Gasteiger partial charge in [0.15, 0.2) is 0 Å². The summed E-state index contributed by atoms with van der Waals surface area (Å²) in [5, 5.41) is 2.53. The number of anilines is 1. The highest BCUT2D eigenvalue weighted by atomic mass is 32.2. The molecule has 1 aromatic carbocycles. The molecule has 1 aliphatic rings. The van der Waals surface area contributed by atoms with Crippen molar-refractivity contribution in [3.05, 3.63) is 29.3 Å². The molecule has 1 aromatic rings. The highest BCUT2D eigenvalue weighted by molar-refractivity contribution is 7.99. The monoisotopic (exact) mass is 318 g/mol. The summed E-state index contributed by atoms with van der Waals surface area (Å²) in [7, 11) is 1.40. The normalized spacial score (nSPS) is 19.5. The van der Waals surface area contributed by atoms with Gasteiger partial charge in [-0.15, -0.1) is 0 Å². The first-order valence-electron chi connectivity index (χ1n) is 6.63. The zero-order valence-corrected chi connectivity index (χ0v) is 12.6. The third-order valence-electron chi connectivity index (χ3n) is 3.48. The van der Waals surface area contributed by atoms with E-state index in [1.165, 1.54) is 19.2 Å². The molecule has 0 spiro atoms. The lowest BCUT2D eigenvalue weighted by molar-refractivity contribution is -0.136. The van der Waals surface area contributed by atoms with Crippen molar-refractivity contribution in [1.29, 1.82) is 0 Å². The van der Waals surface area contributed by atoms with Crippen LogP contribution in [0.4, 0.5) is 18.9 Å². The fourth-order valence-corrected chi connectivity index (χ4v) is 3.43. The number of nitrogens with one attached hydrogen (secondary N) is 1. The number of para-hydroxylation sites is 1. The van der Waals surface area contributed by atoms with Gasteiger partial charge in [0.05, 0.1) is 16.8 Å². The Morgan fingerprint density at radius 2 is 2.14 bits per heavy atom. The number of hydrogen-bond donors (Lipinski definition) is 1. The summed E-state index contributed by atoms with van der Waals surface area (Å²) in [5.41, 5.74) is -0.888. The van der Waals surface area contributed by atoms with Crippen LogP contribution in [0.1, 0.15) is 22.8 Å². The number of halogens is 3. The number of nitrogens with zero attached hydrogens (tertiary/aromatic N) is 1. The summed E-state index contributed by atoms with van der Waals surface area (Å²) in [6.07, 6.45) is -4.49. The van der Waals surface area contributed by atoms with Crippen molar-refractivity contribution in [3.8, 4) is 0 Å². The zero-order chi connectivity index (χ0) is 15.6. The third-order valence-corrected chi connectivity index (χ3v) is 4.67. The highest BCUT2D eigenvalue weighted by Crippen LogP contribution is 2.37. The molecule has 1 amide bonds. The van der Waals surface area contributed by atoms with Crippen LogP contribution in [0.5, 0.6) is 0 Å². The minimum atomic E-state index is -4.49. The average Bonchev–Trinajstić information content (AvgIpc) is 2.45. The van der Waals surface area contributed by atoms with Crippen molar-refractivity contribution in [2.24, 2.45) is 0 Å². The van der Waals surface area contributed by atoms with E-state index in [-0.39, 0.29) is 23.2 Å². The second-order valence-corrected chi connectivity index (χ2v) is 6.05. The van der Waals surface area contributed by atoms with E-state index in [4.69, 9.17) is 0 Å². The SMILES string of the molecule is CNc1c(C(=O)N2CCSCC2C)cccc1C(F)(F)F. The number of carbonyl (C=O) groups excluding carboxylic acids is 1. The van der Waals surface area contributed by atoms with E-state index in [1.54, 1.807) is 16.7 Å². The first kappa shape index (κ1) is 16.0. The molecular weight excluding hydrogens is 301 g/mol. The maximum Gasteiger partial charge on any atom is 0.418 e. The molecule has 1 unspecified atom stereocenters. The van der Waals surface area contributed by atoms with Crippen LogP contribution in [0, 0.1) is 0 Å². The standard InChI is InChI=1S/C14H17F3N2OS/c1-9-8-21-7-6-19(9)13(20)10-4-3-5-11(12(10)18-2)14(15,16)17/h3-5,9,18H,6-8H2,1-2H3. The second kappa shape index (κ2) is 6.17. The summed E-state index contributed by atoms with van der Waals surface area (Å²) in [5.74, 6) is 1.27. The Hall–Kier alpha value is -1.37. The van der Waals surface area contributed by atoms with E-state index >= 15 is 0 Å². The van der Waals surface area contributed by atoms with Gasteiger partial charge in [0.2, 0.25) is 0 Å². The number of benzene rings is 1. The van der Waals surface area contributed by atoms with Gasteiger partial charge in [-0.2, -0.15) is 24.9 Å². The highest BCUT2D eigenvalue weighted by Gasteiger charge is 2.36. The molecule has 0 saturated carbocycles. The van der Waals surface area contributed by atoms with Crippen LogP contribution in [0.2, 0.25) is 0 Å². The van der Waals surface area contributed by atoms with Gasteiger partial charge < -0.3 is 10.2 Å². The Morgan fingerprint density at radius 1 is 1.43 bits per heavy atom. The molecule has 1 aliphatic heterocycles. The Kier molecular flexibility index (Phi) is 4.70. The fourth-order valence-electron chi connectivity index (χ4n) is 2.42.